The Bertz CT molecular complexity index is 439. The zero-order valence-corrected chi connectivity index (χ0v) is 10.6. The first-order valence-corrected chi connectivity index (χ1v) is 6.00. The topological polar surface area (TPSA) is 38.5 Å². The molecule has 18 heavy (non-hydrogen) atoms. The molecule has 100 valence electrons. The highest BCUT2D eigenvalue weighted by Crippen LogP contribution is 2.39. The number of benzene rings is 1. The predicted octanol–water partition coefficient (Wildman–Crippen LogP) is 1.92. The largest absolute Gasteiger partial charge is 0.496 e. The lowest BCUT2D eigenvalue weighted by atomic mass is 9.98. The van der Waals surface area contributed by atoms with E-state index < -0.39 is 11.6 Å². The SMILES string of the molecule is COc1cc(F)cc(F)c1C1CC(CN)CN1C. The van der Waals surface area contributed by atoms with Gasteiger partial charge in [-0.3, -0.25) is 4.90 Å². The van der Waals surface area contributed by atoms with Crippen molar-refractivity contribution in [3.8, 4) is 5.75 Å². The molecule has 1 heterocycles. The molecular weight excluding hydrogens is 238 g/mol. The summed E-state index contributed by atoms with van der Waals surface area (Å²) in [6.07, 6.45) is 0.770. The second-order valence-corrected chi connectivity index (χ2v) is 4.80. The molecule has 5 heteroatoms. The lowest BCUT2D eigenvalue weighted by Gasteiger charge is -2.22. The van der Waals surface area contributed by atoms with Gasteiger partial charge in [-0.15, -0.1) is 0 Å². The number of methoxy groups -OCH3 is 1. The van der Waals surface area contributed by atoms with Crippen LogP contribution < -0.4 is 10.5 Å². The second kappa shape index (κ2) is 5.20. The number of hydrogen-bond donors (Lipinski definition) is 1. The summed E-state index contributed by atoms with van der Waals surface area (Å²) >= 11 is 0. The van der Waals surface area contributed by atoms with Crippen molar-refractivity contribution in [1.82, 2.24) is 4.90 Å². The van der Waals surface area contributed by atoms with Crippen LogP contribution in [0, 0.1) is 17.6 Å². The third kappa shape index (κ3) is 2.33. The quantitative estimate of drug-likeness (QED) is 0.898. The molecule has 0 amide bonds. The van der Waals surface area contributed by atoms with Crippen molar-refractivity contribution in [2.45, 2.75) is 12.5 Å². The maximum absolute atomic E-state index is 14.0. The van der Waals surface area contributed by atoms with Crippen LogP contribution in [0.25, 0.3) is 0 Å². The predicted molar refractivity (Wildman–Crippen MR) is 65.4 cm³/mol. The minimum Gasteiger partial charge on any atom is -0.496 e. The summed E-state index contributed by atoms with van der Waals surface area (Å²) in [6, 6.07) is 2.03. The molecule has 0 saturated carbocycles. The van der Waals surface area contributed by atoms with E-state index in [0.29, 0.717) is 18.0 Å². The summed E-state index contributed by atoms with van der Waals surface area (Å²) in [5, 5.41) is 0. The molecule has 1 fully saturated rings. The minimum absolute atomic E-state index is 0.103. The molecule has 1 aromatic carbocycles. The van der Waals surface area contributed by atoms with Crippen molar-refractivity contribution in [3.63, 3.8) is 0 Å². The van der Waals surface area contributed by atoms with Crippen molar-refractivity contribution in [1.29, 1.82) is 0 Å². The third-order valence-electron chi connectivity index (χ3n) is 3.58. The Kier molecular flexibility index (Phi) is 3.82. The summed E-state index contributed by atoms with van der Waals surface area (Å²) in [5.74, 6) is -0.568. The van der Waals surface area contributed by atoms with Crippen molar-refractivity contribution >= 4 is 0 Å². The Hall–Kier alpha value is -1.20. The van der Waals surface area contributed by atoms with Crippen molar-refractivity contribution in [2.24, 2.45) is 11.7 Å². The number of halogens is 2. The maximum atomic E-state index is 14.0. The van der Waals surface area contributed by atoms with Gasteiger partial charge in [0.15, 0.2) is 0 Å². The van der Waals surface area contributed by atoms with E-state index in [2.05, 4.69) is 0 Å². The Morgan fingerprint density at radius 2 is 2.17 bits per heavy atom. The molecule has 1 aliphatic rings. The van der Waals surface area contributed by atoms with E-state index in [-0.39, 0.29) is 11.8 Å². The van der Waals surface area contributed by atoms with Crippen LogP contribution >= 0.6 is 0 Å². The van der Waals surface area contributed by atoms with Crippen LogP contribution in [-0.4, -0.2) is 32.1 Å². The van der Waals surface area contributed by atoms with E-state index >= 15 is 0 Å². The van der Waals surface area contributed by atoms with Crippen LogP contribution in [0.2, 0.25) is 0 Å². The molecular formula is C13H18F2N2O. The Balaban J connectivity index is 2.38. The fourth-order valence-corrected chi connectivity index (χ4v) is 2.67. The Morgan fingerprint density at radius 3 is 2.72 bits per heavy atom. The van der Waals surface area contributed by atoms with Gasteiger partial charge in [0.1, 0.15) is 17.4 Å². The van der Waals surface area contributed by atoms with Crippen molar-refractivity contribution in [2.75, 3.05) is 27.2 Å². The van der Waals surface area contributed by atoms with E-state index in [1.807, 2.05) is 11.9 Å². The van der Waals surface area contributed by atoms with Crippen LogP contribution in [-0.2, 0) is 0 Å². The molecule has 0 radical (unpaired) electrons. The molecule has 2 rings (SSSR count). The van der Waals surface area contributed by atoms with Gasteiger partial charge >= 0.3 is 0 Å². The molecule has 1 aliphatic heterocycles. The lowest BCUT2D eigenvalue weighted by Crippen LogP contribution is -2.21. The van der Waals surface area contributed by atoms with E-state index in [0.717, 1.165) is 19.0 Å². The van der Waals surface area contributed by atoms with Gasteiger partial charge in [-0.25, -0.2) is 8.78 Å². The summed E-state index contributed by atoms with van der Waals surface area (Å²) < 4.78 is 32.2. The van der Waals surface area contributed by atoms with E-state index in [1.54, 1.807) is 0 Å². The third-order valence-corrected chi connectivity index (χ3v) is 3.58. The van der Waals surface area contributed by atoms with E-state index in [9.17, 15) is 8.78 Å². The zero-order valence-electron chi connectivity index (χ0n) is 10.6. The van der Waals surface area contributed by atoms with Crippen LogP contribution in [0.4, 0.5) is 8.78 Å². The molecule has 3 nitrogen and oxygen atoms in total. The normalized spacial score (nSPS) is 24.5. The standard InChI is InChI=1S/C13H18F2N2O/c1-17-7-8(6-16)3-11(17)13-10(15)4-9(14)5-12(13)18-2/h4-5,8,11H,3,6-7,16H2,1-2H3. The van der Waals surface area contributed by atoms with Gasteiger partial charge in [-0.1, -0.05) is 0 Å². The lowest BCUT2D eigenvalue weighted by molar-refractivity contribution is 0.294. The molecule has 0 aliphatic carbocycles. The van der Waals surface area contributed by atoms with Gasteiger partial charge in [0.05, 0.1) is 7.11 Å². The minimum atomic E-state index is -0.621. The summed E-state index contributed by atoms with van der Waals surface area (Å²) in [6.45, 7) is 1.40. The van der Waals surface area contributed by atoms with E-state index in [4.69, 9.17) is 10.5 Å². The highest BCUT2D eigenvalue weighted by atomic mass is 19.1. The van der Waals surface area contributed by atoms with Gasteiger partial charge in [0, 0.05) is 30.3 Å². The molecule has 0 spiro atoms. The first kappa shape index (κ1) is 13.2. The average molecular weight is 256 g/mol. The summed E-state index contributed by atoms with van der Waals surface area (Å²) in [7, 11) is 3.34. The first-order valence-electron chi connectivity index (χ1n) is 6.00. The molecule has 2 unspecified atom stereocenters. The van der Waals surface area contributed by atoms with Crippen LogP contribution in [0.5, 0.6) is 5.75 Å². The molecule has 0 aromatic heterocycles. The van der Waals surface area contributed by atoms with Gasteiger partial charge in [0.25, 0.3) is 0 Å². The van der Waals surface area contributed by atoms with Gasteiger partial charge in [-0.05, 0) is 25.9 Å². The Labute approximate surface area is 106 Å². The number of ether oxygens (including phenoxy) is 1. The first-order chi connectivity index (χ1) is 8.56. The zero-order chi connectivity index (χ0) is 13.3. The highest BCUT2D eigenvalue weighted by molar-refractivity contribution is 5.38. The molecule has 0 bridgehead atoms. The number of rotatable bonds is 3. The average Bonchev–Trinajstić information content (AvgIpc) is 2.69. The van der Waals surface area contributed by atoms with Gasteiger partial charge < -0.3 is 10.5 Å². The Morgan fingerprint density at radius 1 is 1.44 bits per heavy atom. The van der Waals surface area contributed by atoms with Crippen LogP contribution in [0.1, 0.15) is 18.0 Å². The second-order valence-electron chi connectivity index (χ2n) is 4.80. The molecule has 2 N–H and O–H groups in total. The fraction of sp³-hybridized carbons (Fsp3) is 0.538. The number of hydrogen-bond acceptors (Lipinski definition) is 3. The molecule has 2 atom stereocenters. The number of nitrogens with zero attached hydrogens (tertiary/aromatic N) is 1. The fourth-order valence-electron chi connectivity index (χ4n) is 2.67. The maximum Gasteiger partial charge on any atom is 0.134 e. The summed E-state index contributed by atoms with van der Waals surface area (Å²) in [4.78, 5) is 2.04. The monoisotopic (exact) mass is 256 g/mol. The van der Waals surface area contributed by atoms with Gasteiger partial charge in [-0.2, -0.15) is 0 Å². The molecule has 1 aromatic rings. The smallest absolute Gasteiger partial charge is 0.134 e. The number of nitrogens with two attached hydrogens (primary N) is 1. The van der Waals surface area contributed by atoms with Crippen LogP contribution in [0.3, 0.4) is 0 Å². The summed E-state index contributed by atoms with van der Waals surface area (Å²) in [5.41, 5.74) is 6.09. The van der Waals surface area contributed by atoms with Gasteiger partial charge in [0.2, 0.25) is 0 Å². The number of likely N-dealkylation sites (tertiary alicyclic amines) is 1. The van der Waals surface area contributed by atoms with Crippen LogP contribution in [0.15, 0.2) is 12.1 Å². The molecule has 1 saturated heterocycles. The van der Waals surface area contributed by atoms with Crippen molar-refractivity contribution < 1.29 is 13.5 Å². The van der Waals surface area contributed by atoms with Crippen molar-refractivity contribution in [3.05, 3.63) is 29.3 Å². The highest BCUT2D eigenvalue weighted by Gasteiger charge is 2.33. The van der Waals surface area contributed by atoms with E-state index in [1.165, 1.54) is 13.2 Å².